The van der Waals surface area contributed by atoms with Crippen molar-refractivity contribution in [2.75, 3.05) is 0 Å². The fourth-order valence-corrected chi connectivity index (χ4v) is 4.61. The minimum Gasteiger partial charge on any atom is -0.248 e. The lowest BCUT2D eigenvalue weighted by molar-refractivity contribution is 1.37. The monoisotopic (exact) mass is 325 g/mol. The first-order valence-electron chi connectivity index (χ1n) is 8.08. The number of aryl methyl sites for hydroxylation is 1. The number of thiophene rings is 1. The second-order valence-electron chi connectivity index (χ2n) is 6.12. The van der Waals surface area contributed by atoms with Crippen molar-refractivity contribution in [1.29, 1.82) is 0 Å². The first kappa shape index (κ1) is 13.7. The predicted molar refractivity (Wildman–Crippen MR) is 105 cm³/mol. The Balaban J connectivity index is 1.89. The zero-order valence-corrected chi connectivity index (χ0v) is 14.1. The number of para-hydroxylation sites is 1. The lowest BCUT2D eigenvalue weighted by Crippen LogP contribution is -1.89. The summed E-state index contributed by atoms with van der Waals surface area (Å²) in [6, 6.07) is 25.7. The Morgan fingerprint density at radius 2 is 1.50 bits per heavy atom. The average molecular weight is 325 g/mol. The van der Waals surface area contributed by atoms with Gasteiger partial charge in [0.1, 0.15) is 0 Å². The van der Waals surface area contributed by atoms with Crippen LogP contribution in [0.3, 0.4) is 0 Å². The number of nitrogens with zero attached hydrogens (tertiary/aromatic N) is 1. The van der Waals surface area contributed by atoms with Gasteiger partial charge in [0.2, 0.25) is 0 Å². The molecule has 1 nitrogen and oxygen atoms in total. The first-order chi connectivity index (χ1) is 11.8. The van der Waals surface area contributed by atoms with E-state index in [2.05, 4.69) is 79.7 Å². The molecule has 0 aliphatic heterocycles. The Hall–Kier alpha value is -2.71. The molecule has 0 saturated heterocycles. The molecule has 0 radical (unpaired) electrons. The molecule has 5 aromatic rings. The molecule has 2 heteroatoms. The summed E-state index contributed by atoms with van der Waals surface area (Å²) in [5, 5.41) is 3.87. The smallest absolute Gasteiger partial charge is 0.0719 e. The summed E-state index contributed by atoms with van der Waals surface area (Å²) in [5.41, 5.74) is 4.61. The van der Waals surface area contributed by atoms with Crippen molar-refractivity contribution >= 4 is 42.4 Å². The highest BCUT2D eigenvalue weighted by Gasteiger charge is 2.12. The fourth-order valence-electron chi connectivity index (χ4n) is 3.48. The van der Waals surface area contributed by atoms with E-state index in [-0.39, 0.29) is 0 Å². The van der Waals surface area contributed by atoms with Crippen LogP contribution in [0, 0.1) is 6.92 Å². The van der Waals surface area contributed by atoms with Crippen LogP contribution in [0.5, 0.6) is 0 Å². The Labute approximate surface area is 144 Å². The van der Waals surface area contributed by atoms with Crippen molar-refractivity contribution in [1.82, 2.24) is 4.98 Å². The van der Waals surface area contributed by atoms with Gasteiger partial charge in [-0.05, 0) is 36.8 Å². The Kier molecular flexibility index (Phi) is 2.94. The number of pyridine rings is 1. The van der Waals surface area contributed by atoms with Crippen LogP contribution in [-0.4, -0.2) is 4.98 Å². The normalized spacial score (nSPS) is 11.5. The minimum absolute atomic E-state index is 1.06. The van der Waals surface area contributed by atoms with E-state index < -0.39 is 0 Å². The molecule has 2 aromatic heterocycles. The number of rotatable bonds is 1. The zero-order valence-electron chi connectivity index (χ0n) is 13.3. The van der Waals surface area contributed by atoms with Gasteiger partial charge in [-0.15, -0.1) is 11.3 Å². The molecule has 0 aliphatic rings. The van der Waals surface area contributed by atoms with Crippen LogP contribution < -0.4 is 0 Å². The van der Waals surface area contributed by atoms with E-state index in [1.54, 1.807) is 0 Å². The molecule has 0 saturated carbocycles. The third kappa shape index (κ3) is 1.97. The standard InChI is InChI=1S/C22H15NS/c1-14-13-19(23-18-10-4-2-7-15(14)18)16-9-6-12-21-22(16)17-8-3-5-11-20(17)24-21/h2-13H,1H3. The van der Waals surface area contributed by atoms with Crippen molar-refractivity contribution in [2.45, 2.75) is 6.92 Å². The van der Waals surface area contributed by atoms with E-state index in [4.69, 9.17) is 4.98 Å². The van der Waals surface area contributed by atoms with Crippen molar-refractivity contribution in [3.05, 3.63) is 78.4 Å². The van der Waals surface area contributed by atoms with Crippen LogP contribution in [0.15, 0.2) is 72.8 Å². The van der Waals surface area contributed by atoms with Crippen molar-refractivity contribution in [2.24, 2.45) is 0 Å². The maximum Gasteiger partial charge on any atom is 0.0719 e. The van der Waals surface area contributed by atoms with Gasteiger partial charge in [-0.25, -0.2) is 4.98 Å². The molecule has 2 heterocycles. The summed E-state index contributed by atoms with van der Waals surface area (Å²) in [6.45, 7) is 2.17. The Morgan fingerprint density at radius 3 is 2.42 bits per heavy atom. The summed E-state index contributed by atoms with van der Waals surface area (Å²) < 4.78 is 2.65. The highest BCUT2D eigenvalue weighted by molar-refractivity contribution is 7.25. The third-order valence-electron chi connectivity index (χ3n) is 4.60. The van der Waals surface area contributed by atoms with Crippen LogP contribution in [0.25, 0.3) is 42.3 Å². The van der Waals surface area contributed by atoms with E-state index >= 15 is 0 Å². The second-order valence-corrected chi connectivity index (χ2v) is 7.20. The fraction of sp³-hybridized carbons (Fsp3) is 0.0455. The van der Waals surface area contributed by atoms with Crippen LogP contribution in [0.4, 0.5) is 0 Å². The maximum atomic E-state index is 4.95. The van der Waals surface area contributed by atoms with Gasteiger partial charge in [-0.2, -0.15) is 0 Å². The van der Waals surface area contributed by atoms with Crippen molar-refractivity contribution in [3.8, 4) is 11.3 Å². The van der Waals surface area contributed by atoms with E-state index in [9.17, 15) is 0 Å². The molecule has 114 valence electrons. The molecule has 0 unspecified atom stereocenters. The van der Waals surface area contributed by atoms with E-state index in [1.165, 1.54) is 36.7 Å². The molecule has 24 heavy (non-hydrogen) atoms. The quantitative estimate of drug-likeness (QED) is 0.339. The summed E-state index contributed by atoms with van der Waals surface area (Å²) in [4.78, 5) is 4.95. The van der Waals surface area contributed by atoms with Crippen LogP contribution in [-0.2, 0) is 0 Å². The van der Waals surface area contributed by atoms with Gasteiger partial charge in [0.15, 0.2) is 0 Å². The maximum absolute atomic E-state index is 4.95. The van der Waals surface area contributed by atoms with E-state index in [0.29, 0.717) is 0 Å². The van der Waals surface area contributed by atoms with Gasteiger partial charge < -0.3 is 0 Å². The molecule has 3 aromatic carbocycles. The van der Waals surface area contributed by atoms with Crippen LogP contribution in [0.1, 0.15) is 5.56 Å². The molecule has 5 rings (SSSR count). The van der Waals surface area contributed by atoms with Gasteiger partial charge in [0, 0.05) is 31.1 Å². The second kappa shape index (κ2) is 5.15. The molecule has 0 atom stereocenters. The highest BCUT2D eigenvalue weighted by atomic mass is 32.1. The summed E-state index contributed by atoms with van der Waals surface area (Å²) >= 11 is 1.85. The van der Waals surface area contributed by atoms with Gasteiger partial charge in [0.05, 0.1) is 11.2 Å². The predicted octanol–water partition coefficient (Wildman–Crippen LogP) is 6.58. The molecule has 0 fully saturated rings. The molecular weight excluding hydrogens is 310 g/mol. The molecule has 0 N–H and O–H groups in total. The van der Waals surface area contributed by atoms with Crippen LogP contribution >= 0.6 is 11.3 Å². The average Bonchev–Trinajstić information content (AvgIpc) is 3.00. The number of hydrogen-bond donors (Lipinski definition) is 0. The van der Waals surface area contributed by atoms with Crippen LogP contribution in [0.2, 0.25) is 0 Å². The van der Waals surface area contributed by atoms with Gasteiger partial charge in [-0.3, -0.25) is 0 Å². The summed E-state index contributed by atoms with van der Waals surface area (Å²) in [6.07, 6.45) is 0. The lowest BCUT2D eigenvalue weighted by Gasteiger charge is -2.08. The van der Waals surface area contributed by atoms with E-state index in [0.717, 1.165) is 11.2 Å². The largest absolute Gasteiger partial charge is 0.248 e. The number of aromatic nitrogens is 1. The third-order valence-corrected chi connectivity index (χ3v) is 5.74. The number of benzene rings is 3. The topological polar surface area (TPSA) is 12.9 Å². The number of fused-ring (bicyclic) bond motifs is 4. The minimum atomic E-state index is 1.06. The Bertz CT molecular complexity index is 1220. The highest BCUT2D eigenvalue weighted by Crippen LogP contribution is 2.39. The lowest BCUT2D eigenvalue weighted by atomic mass is 10.0. The Morgan fingerprint density at radius 1 is 0.750 bits per heavy atom. The van der Waals surface area contributed by atoms with Crippen molar-refractivity contribution in [3.63, 3.8) is 0 Å². The van der Waals surface area contributed by atoms with Gasteiger partial charge >= 0.3 is 0 Å². The van der Waals surface area contributed by atoms with Gasteiger partial charge in [-0.1, -0.05) is 48.5 Å². The number of hydrogen-bond acceptors (Lipinski definition) is 2. The summed E-state index contributed by atoms with van der Waals surface area (Å²) in [7, 11) is 0. The molecule has 0 spiro atoms. The van der Waals surface area contributed by atoms with E-state index in [1.807, 2.05) is 11.3 Å². The zero-order chi connectivity index (χ0) is 16.1. The summed E-state index contributed by atoms with van der Waals surface area (Å²) in [5.74, 6) is 0. The van der Waals surface area contributed by atoms with Crippen molar-refractivity contribution < 1.29 is 0 Å². The molecule has 0 aliphatic carbocycles. The molecule has 0 amide bonds. The molecular formula is C22H15NS. The van der Waals surface area contributed by atoms with Gasteiger partial charge in [0.25, 0.3) is 0 Å². The first-order valence-corrected chi connectivity index (χ1v) is 8.90. The SMILES string of the molecule is Cc1cc(-c2cccc3sc4ccccc4c23)nc2ccccc12. The molecule has 0 bridgehead atoms.